The highest BCUT2D eigenvalue weighted by molar-refractivity contribution is 7.89. The smallest absolute Gasteiger partial charge is 0.241 e. The zero-order chi connectivity index (χ0) is 16.8. The lowest BCUT2D eigenvalue weighted by atomic mass is 10.1. The van der Waals surface area contributed by atoms with Crippen molar-refractivity contribution in [1.29, 1.82) is 0 Å². The molecule has 0 saturated carbocycles. The number of carbonyl (C=O) groups excluding carboxylic acids is 1. The summed E-state index contributed by atoms with van der Waals surface area (Å²) in [6.07, 6.45) is 2.77. The Morgan fingerprint density at radius 2 is 1.77 bits per heavy atom. The monoisotopic (exact) mass is 327 g/mol. The van der Waals surface area contributed by atoms with Crippen LogP contribution in [0.3, 0.4) is 0 Å². The van der Waals surface area contributed by atoms with Crippen LogP contribution in [0.1, 0.15) is 32.3 Å². The zero-order valence-corrected chi connectivity index (χ0v) is 13.9. The van der Waals surface area contributed by atoms with Crippen molar-refractivity contribution >= 4 is 15.9 Å². The number of unbranched alkanes of at least 4 members (excludes halogenated alkanes) is 1. The van der Waals surface area contributed by atoms with Gasteiger partial charge in [-0.05, 0) is 49.4 Å². The highest BCUT2D eigenvalue weighted by atomic mass is 32.2. The van der Waals surface area contributed by atoms with Gasteiger partial charge < -0.3 is 11.5 Å². The molecule has 0 aliphatic rings. The lowest BCUT2D eigenvalue weighted by Gasteiger charge is -2.19. The molecule has 0 spiro atoms. The number of rotatable bonds is 9. The van der Waals surface area contributed by atoms with Gasteiger partial charge >= 0.3 is 0 Å². The van der Waals surface area contributed by atoms with Gasteiger partial charge in [-0.1, -0.05) is 26.0 Å². The Labute approximate surface area is 132 Å². The summed E-state index contributed by atoms with van der Waals surface area (Å²) in [6, 6.07) is 5.71. The Balaban J connectivity index is 2.82. The van der Waals surface area contributed by atoms with Crippen molar-refractivity contribution in [2.45, 2.75) is 44.0 Å². The van der Waals surface area contributed by atoms with Crippen LogP contribution in [0.5, 0.6) is 0 Å². The molecule has 1 amide bonds. The highest BCUT2D eigenvalue weighted by Gasteiger charge is 2.26. The number of amides is 1. The van der Waals surface area contributed by atoms with Crippen molar-refractivity contribution in [1.82, 2.24) is 4.72 Å². The number of nitrogens with two attached hydrogens (primary N) is 2. The number of carbonyl (C=O) groups is 1. The summed E-state index contributed by atoms with van der Waals surface area (Å²) < 4.78 is 26.9. The van der Waals surface area contributed by atoms with E-state index in [4.69, 9.17) is 11.5 Å². The average Bonchev–Trinajstić information content (AvgIpc) is 2.45. The van der Waals surface area contributed by atoms with Gasteiger partial charge in [-0.2, -0.15) is 4.72 Å². The summed E-state index contributed by atoms with van der Waals surface area (Å²) in [6.45, 7) is 4.12. The molecule has 22 heavy (non-hydrogen) atoms. The maximum absolute atomic E-state index is 12.3. The van der Waals surface area contributed by atoms with Gasteiger partial charge in [0, 0.05) is 0 Å². The molecule has 6 nitrogen and oxygen atoms in total. The van der Waals surface area contributed by atoms with E-state index in [1.165, 1.54) is 0 Å². The molecule has 5 N–H and O–H groups in total. The SMILES string of the molecule is CC(C)[C@H](NS(=O)(=O)c1ccc(CCCCN)cc1)C(N)=O. The largest absolute Gasteiger partial charge is 0.368 e. The predicted molar refractivity (Wildman–Crippen MR) is 86.6 cm³/mol. The van der Waals surface area contributed by atoms with Crippen LogP contribution in [0.4, 0.5) is 0 Å². The summed E-state index contributed by atoms with van der Waals surface area (Å²) in [5.74, 6) is -0.903. The molecule has 0 heterocycles. The number of benzene rings is 1. The van der Waals surface area contributed by atoms with Crippen molar-refractivity contribution in [3.8, 4) is 0 Å². The molecule has 0 aromatic heterocycles. The molecule has 0 aliphatic carbocycles. The van der Waals surface area contributed by atoms with E-state index in [9.17, 15) is 13.2 Å². The maximum Gasteiger partial charge on any atom is 0.241 e. The number of primary amides is 1. The van der Waals surface area contributed by atoms with E-state index in [0.717, 1.165) is 24.8 Å². The minimum atomic E-state index is -3.76. The van der Waals surface area contributed by atoms with Crippen molar-refractivity contribution in [2.75, 3.05) is 6.54 Å². The van der Waals surface area contributed by atoms with E-state index < -0.39 is 22.0 Å². The number of hydrogen-bond donors (Lipinski definition) is 3. The molecule has 0 aliphatic heterocycles. The van der Waals surface area contributed by atoms with Crippen LogP contribution in [-0.2, 0) is 21.2 Å². The molecular weight excluding hydrogens is 302 g/mol. The first-order valence-corrected chi connectivity index (χ1v) is 8.87. The minimum absolute atomic E-state index is 0.127. The van der Waals surface area contributed by atoms with Crippen molar-refractivity contribution in [2.24, 2.45) is 17.4 Å². The Morgan fingerprint density at radius 1 is 1.18 bits per heavy atom. The molecule has 1 atom stereocenters. The summed E-state index contributed by atoms with van der Waals surface area (Å²) >= 11 is 0. The Kier molecular flexibility index (Phi) is 6.99. The number of hydrogen-bond acceptors (Lipinski definition) is 4. The van der Waals surface area contributed by atoms with Crippen LogP contribution in [0.2, 0.25) is 0 Å². The summed E-state index contributed by atoms with van der Waals surface area (Å²) in [5, 5.41) is 0. The fraction of sp³-hybridized carbons (Fsp3) is 0.533. The molecule has 0 fully saturated rings. The van der Waals surface area contributed by atoms with Gasteiger partial charge in [0.15, 0.2) is 0 Å². The molecule has 1 rings (SSSR count). The molecule has 1 aromatic rings. The first kappa shape index (κ1) is 18.6. The van der Waals surface area contributed by atoms with Gasteiger partial charge in [-0.25, -0.2) is 8.42 Å². The Bertz CT molecular complexity index is 583. The molecule has 124 valence electrons. The van der Waals surface area contributed by atoms with Crippen molar-refractivity contribution in [3.63, 3.8) is 0 Å². The van der Waals surface area contributed by atoms with Crippen molar-refractivity contribution < 1.29 is 13.2 Å². The number of sulfonamides is 1. The standard InChI is InChI=1S/C15H25N3O3S/c1-11(2)14(15(17)19)18-22(20,21)13-8-6-12(7-9-13)5-3-4-10-16/h6-9,11,14,18H,3-5,10,16H2,1-2H3,(H2,17,19)/t14-/m0/s1. The fourth-order valence-corrected chi connectivity index (χ4v) is 3.42. The van der Waals surface area contributed by atoms with Gasteiger partial charge in [0.05, 0.1) is 4.90 Å². The first-order valence-electron chi connectivity index (χ1n) is 7.38. The number of nitrogens with one attached hydrogen (secondary N) is 1. The normalized spacial score (nSPS) is 13.3. The van der Waals surface area contributed by atoms with Gasteiger partial charge in [0.1, 0.15) is 6.04 Å². The van der Waals surface area contributed by atoms with E-state index in [1.807, 2.05) is 0 Å². The third kappa shape index (κ3) is 5.40. The van der Waals surface area contributed by atoms with E-state index in [1.54, 1.807) is 38.1 Å². The summed E-state index contributed by atoms with van der Waals surface area (Å²) in [7, 11) is -3.76. The van der Waals surface area contributed by atoms with Crippen LogP contribution in [0.25, 0.3) is 0 Å². The third-order valence-corrected chi connectivity index (χ3v) is 4.87. The van der Waals surface area contributed by atoms with Gasteiger partial charge in [-0.15, -0.1) is 0 Å². The lowest BCUT2D eigenvalue weighted by molar-refractivity contribution is -0.120. The minimum Gasteiger partial charge on any atom is -0.368 e. The quantitative estimate of drug-likeness (QED) is 0.581. The summed E-state index contributed by atoms with van der Waals surface area (Å²) in [5.41, 5.74) is 11.7. The second-order valence-electron chi connectivity index (χ2n) is 5.64. The van der Waals surface area contributed by atoms with Crippen LogP contribution in [0.15, 0.2) is 29.2 Å². The second-order valence-corrected chi connectivity index (χ2v) is 7.35. The van der Waals surface area contributed by atoms with Gasteiger partial charge in [-0.3, -0.25) is 4.79 Å². The fourth-order valence-electron chi connectivity index (χ4n) is 2.07. The van der Waals surface area contributed by atoms with Crippen LogP contribution < -0.4 is 16.2 Å². The van der Waals surface area contributed by atoms with Gasteiger partial charge in [0.2, 0.25) is 15.9 Å². The highest BCUT2D eigenvalue weighted by Crippen LogP contribution is 2.14. The maximum atomic E-state index is 12.3. The van der Waals surface area contributed by atoms with E-state index in [0.29, 0.717) is 6.54 Å². The van der Waals surface area contributed by atoms with Gasteiger partial charge in [0.25, 0.3) is 0 Å². The first-order chi connectivity index (χ1) is 10.3. The molecule has 0 bridgehead atoms. The van der Waals surface area contributed by atoms with E-state index in [-0.39, 0.29) is 10.8 Å². The Hall–Kier alpha value is -1.44. The zero-order valence-electron chi connectivity index (χ0n) is 13.1. The molecule has 0 radical (unpaired) electrons. The average molecular weight is 327 g/mol. The van der Waals surface area contributed by atoms with Crippen LogP contribution >= 0.6 is 0 Å². The number of aryl methyl sites for hydroxylation is 1. The Morgan fingerprint density at radius 3 is 2.23 bits per heavy atom. The van der Waals surface area contributed by atoms with E-state index in [2.05, 4.69) is 4.72 Å². The molecule has 7 heteroatoms. The van der Waals surface area contributed by atoms with Crippen LogP contribution in [-0.4, -0.2) is 26.9 Å². The molecule has 1 aromatic carbocycles. The lowest BCUT2D eigenvalue weighted by Crippen LogP contribution is -2.47. The topological polar surface area (TPSA) is 115 Å². The molecular formula is C15H25N3O3S. The van der Waals surface area contributed by atoms with E-state index >= 15 is 0 Å². The second kappa shape index (κ2) is 8.26. The summed E-state index contributed by atoms with van der Waals surface area (Å²) in [4.78, 5) is 11.5. The van der Waals surface area contributed by atoms with Crippen molar-refractivity contribution in [3.05, 3.63) is 29.8 Å². The molecule has 0 unspecified atom stereocenters. The third-order valence-electron chi connectivity index (χ3n) is 3.41. The van der Waals surface area contributed by atoms with Crippen LogP contribution in [0, 0.1) is 5.92 Å². The predicted octanol–water partition coefficient (Wildman–Crippen LogP) is 0.756. The molecule has 0 saturated heterocycles.